The molecule has 1 heterocycles. The Morgan fingerprint density at radius 3 is 2.56 bits per heavy atom. The average molecular weight is 555 g/mol. The largest absolute Gasteiger partial charge is 0.364 e. The zero-order chi connectivity index (χ0) is 27.7. The van der Waals surface area contributed by atoms with Gasteiger partial charge in [-0.1, -0.05) is 23.7 Å². The third kappa shape index (κ3) is 6.36. The van der Waals surface area contributed by atoms with Crippen LogP contribution in [0.4, 0.5) is 10.1 Å². The van der Waals surface area contributed by atoms with Crippen LogP contribution in [0.15, 0.2) is 36.4 Å². The summed E-state index contributed by atoms with van der Waals surface area (Å²) in [6, 6.07) is 9.39. The van der Waals surface area contributed by atoms with Crippen LogP contribution in [0.3, 0.4) is 0 Å². The van der Waals surface area contributed by atoms with Crippen LogP contribution >= 0.6 is 11.6 Å². The number of hydrogen-bond donors (Lipinski definition) is 3. The van der Waals surface area contributed by atoms with E-state index in [2.05, 4.69) is 15.7 Å². The molecule has 0 spiro atoms. The smallest absolute Gasteiger partial charge is 0.269 e. The highest BCUT2D eigenvalue weighted by Crippen LogP contribution is 2.33. The zero-order valence-corrected chi connectivity index (χ0v) is 21.8. The normalized spacial score (nSPS) is 14.7. The van der Waals surface area contributed by atoms with Crippen LogP contribution in [-0.2, 0) is 27.5 Å². The monoisotopic (exact) mass is 554 g/mol. The van der Waals surface area contributed by atoms with Gasteiger partial charge in [0, 0.05) is 35.6 Å². The molecule has 0 atom stereocenters. The van der Waals surface area contributed by atoms with E-state index < -0.39 is 17.6 Å². The predicted octanol–water partition coefficient (Wildman–Crippen LogP) is 2.97. The molecule has 2 aromatic carbocycles. The van der Waals surface area contributed by atoms with Gasteiger partial charge in [0.05, 0.1) is 17.1 Å². The summed E-state index contributed by atoms with van der Waals surface area (Å²) in [5.41, 5.74) is 6.74. The lowest BCUT2D eigenvalue weighted by Crippen LogP contribution is -2.43. The number of aromatic nitrogens is 2. The predicted molar refractivity (Wildman–Crippen MR) is 142 cm³/mol. The van der Waals surface area contributed by atoms with E-state index in [1.54, 1.807) is 24.3 Å². The molecular formula is C27H28ClFN6O4. The highest BCUT2D eigenvalue weighted by Gasteiger charge is 2.34. The second kappa shape index (κ2) is 11.0. The molecule has 4 amide bonds. The molecule has 0 bridgehead atoms. The first-order valence-corrected chi connectivity index (χ1v) is 13.2. The third-order valence-corrected chi connectivity index (χ3v) is 7.15. The topological polar surface area (TPSA) is 139 Å². The number of anilines is 1. The molecule has 0 radical (unpaired) electrons. The van der Waals surface area contributed by atoms with Gasteiger partial charge in [-0.2, -0.15) is 5.10 Å². The SMILES string of the molecule is NC(=O)c1nn(CC(=O)N(CC(=O)NCc2cccc(Cl)c2F)C2CC2)c2cc(NC(=O)CC3CC3)ccc12. The number of carbonyl (C=O) groups excluding carboxylic acids is 4. The summed E-state index contributed by atoms with van der Waals surface area (Å²) in [7, 11) is 0. The van der Waals surface area contributed by atoms with Gasteiger partial charge in [0.25, 0.3) is 5.91 Å². The summed E-state index contributed by atoms with van der Waals surface area (Å²) in [5, 5.41) is 10.2. The van der Waals surface area contributed by atoms with Gasteiger partial charge in [0.15, 0.2) is 5.69 Å². The summed E-state index contributed by atoms with van der Waals surface area (Å²) in [6.45, 7) is -0.523. The van der Waals surface area contributed by atoms with Gasteiger partial charge in [0.2, 0.25) is 17.7 Å². The van der Waals surface area contributed by atoms with Gasteiger partial charge in [-0.15, -0.1) is 0 Å². The van der Waals surface area contributed by atoms with Crippen LogP contribution in [0.1, 0.15) is 48.2 Å². The number of hydrogen-bond acceptors (Lipinski definition) is 5. The van der Waals surface area contributed by atoms with Crippen LogP contribution in [0, 0.1) is 11.7 Å². The quantitative estimate of drug-likeness (QED) is 0.334. The van der Waals surface area contributed by atoms with Crippen molar-refractivity contribution < 1.29 is 23.6 Å². The van der Waals surface area contributed by atoms with Crippen molar-refractivity contribution in [1.82, 2.24) is 20.0 Å². The average Bonchev–Trinajstić information content (AvgIpc) is 3.83. The Bertz CT molecular complexity index is 1470. The van der Waals surface area contributed by atoms with Crippen LogP contribution < -0.4 is 16.4 Å². The van der Waals surface area contributed by atoms with Crippen molar-refractivity contribution in [2.45, 2.75) is 51.2 Å². The molecular weight excluding hydrogens is 527 g/mol. The Labute approximate surface area is 228 Å². The first kappa shape index (κ1) is 26.6. The Balaban J connectivity index is 1.30. The molecule has 2 aliphatic rings. The molecule has 0 unspecified atom stereocenters. The van der Waals surface area contributed by atoms with Crippen LogP contribution in [0.2, 0.25) is 5.02 Å². The lowest BCUT2D eigenvalue weighted by molar-refractivity contribution is -0.137. The summed E-state index contributed by atoms with van der Waals surface area (Å²) in [5.74, 6) is -1.84. The fraction of sp³-hybridized carbons (Fsp3) is 0.370. The molecule has 4 N–H and O–H groups in total. The molecule has 0 saturated heterocycles. The van der Waals surface area contributed by atoms with E-state index in [9.17, 15) is 23.6 Å². The fourth-order valence-electron chi connectivity index (χ4n) is 4.47. The molecule has 2 fully saturated rings. The highest BCUT2D eigenvalue weighted by molar-refractivity contribution is 6.30. The number of fused-ring (bicyclic) bond motifs is 1. The number of rotatable bonds is 11. The van der Waals surface area contributed by atoms with E-state index in [4.69, 9.17) is 17.3 Å². The van der Waals surface area contributed by atoms with Crippen molar-refractivity contribution in [1.29, 1.82) is 0 Å². The van der Waals surface area contributed by atoms with Crippen molar-refractivity contribution >= 4 is 51.8 Å². The number of nitrogens with one attached hydrogen (secondary N) is 2. The molecule has 39 heavy (non-hydrogen) atoms. The van der Waals surface area contributed by atoms with Crippen LogP contribution in [0.5, 0.6) is 0 Å². The Morgan fingerprint density at radius 1 is 1.10 bits per heavy atom. The van der Waals surface area contributed by atoms with Crippen molar-refractivity contribution in [2.75, 3.05) is 11.9 Å². The second-order valence-corrected chi connectivity index (χ2v) is 10.4. The fourth-order valence-corrected chi connectivity index (χ4v) is 4.66. The van der Waals surface area contributed by atoms with Gasteiger partial charge in [0.1, 0.15) is 12.4 Å². The maximum absolute atomic E-state index is 14.2. The van der Waals surface area contributed by atoms with E-state index in [1.807, 2.05) is 0 Å². The number of halogens is 2. The highest BCUT2D eigenvalue weighted by atomic mass is 35.5. The molecule has 0 aliphatic heterocycles. The zero-order valence-electron chi connectivity index (χ0n) is 21.1. The molecule has 12 heteroatoms. The van der Waals surface area contributed by atoms with Crippen molar-refractivity contribution in [3.63, 3.8) is 0 Å². The van der Waals surface area contributed by atoms with Crippen molar-refractivity contribution in [3.05, 3.63) is 58.5 Å². The van der Waals surface area contributed by atoms with E-state index >= 15 is 0 Å². The van der Waals surface area contributed by atoms with Crippen molar-refractivity contribution in [3.8, 4) is 0 Å². The van der Waals surface area contributed by atoms with Gasteiger partial charge < -0.3 is 21.3 Å². The Morgan fingerprint density at radius 2 is 1.87 bits per heavy atom. The lowest BCUT2D eigenvalue weighted by Gasteiger charge is -2.22. The van der Waals surface area contributed by atoms with E-state index in [-0.39, 0.29) is 53.8 Å². The molecule has 3 aromatic rings. The van der Waals surface area contributed by atoms with Crippen LogP contribution in [-0.4, -0.2) is 50.9 Å². The number of carbonyl (C=O) groups is 4. The summed E-state index contributed by atoms with van der Waals surface area (Å²) in [6.07, 6.45) is 4.06. The van der Waals surface area contributed by atoms with Gasteiger partial charge in [-0.05, 0) is 55.9 Å². The Kier molecular flexibility index (Phi) is 7.51. The van der Waals surface area contributed by atoms with E-state index in [0.29, 0.717) is 28.9 Å². The standard InChI is InChI=1S/C27H28ClFN6O4/c28-20-3-1-2-16(25(20)29)12-31-23(37)13-34(18-7-8-18)24(38)14-35-21-11-17(32-22(36)10-15-4-5-15)6-9-19(21)26(33-35)27(30)39/h1-3,6,9,11,15,18H,4-5,7-8,10,12-14H2,(H2,30,39)(H,31,37)(H,32,36). The van der Waals surface area contributed by atoms with Gasteiger partial charge >= 0.3 is 0 Å². The second-order valence-electron chi connectivity index (χ2n) is 10.0. The first-order chi connectivity index (χ1) is 18.7. The van der Waals surface area contributed by atoms with E-state index in [0.717, 1.165) is 25.7 Å². The number of nitrogens with two attached hydrogens (primary N) is 1. The van der Waals surface area contributed by atoms with E-state index in [1.165, 1.54) is 21.7 Å². The minimum atomic E-state index is -0.747. The molecule has 2 saturated carbocycles. The molecule has 10 nitrogen and oxygen atoms in total. The summed E-state index contributed by atoms with van der Waals surface area (Å²) in [4.78, 5) is 51.8. The minimum Gasteiger partial charge on any atom is -0.364 e. The third-order valence-electron chi connectivity index (χ3n) is 6.85. The number of primary amides is 1. The van der Waals surface area contributed by atoms with Crippen LogP contribution in [0.25, 0.3) is 10.9 Å². The maximum Gasteiger partial charge on any atom is 0.269 e. The summed E-state index contributed by atoms with van der Waals surface area (Å²) >= 11 is 5.80. The lowest BCUT2D eigenvalue weighted by atomic mass is 10.1. The summed E-state index contributed by atoms with van der Waals surface area (Å²) < 4.78 is 15.5. The maximum atomic E-state index is 14.2. The number of amides is 4. The van der Waals surface area contributed by atoms with Gasteiger partial charge in [-0.3, -0.25) is 23.9 Å². The van der Waals surface area contributed by atoms with Crippen molar-refractivity contribution in [2.24, 2.45) is 11.7 Å². The number of nitrogens with zero attached hydrogens (tertiary/aromatic N) is 3. The Hall–Kier alpha value is -3.99. The molecule has 5 rings (SSSR count). The van der Waals surface area contributed by atoms with Gasteiger partial charge in [-0.25, -0.2) is 4.39 Å². The molecule has 2 aliphatic carbocycles. The molecule has 1 aromatic heterocycles. The first-order valence-electron chi connectivity index (χ1n) is 12.8. The molecule has 204 valence electrons. The number of benzene rings is 2. The minimum absolute atomic E-state index is 0.00733.